The number of thiocarbonyl (C=S) groups is 1. The van der Waals surface area contributed by atoms with Crippen LogP contribution in [0.4, 0.5) is 11.4 Å². The van der Waals surface area contributed by atoms with Crippen molar-refractivity contribution in [2.24, 2.45) is 0 Å². The van der Waals surface area contributed by atoms with E-state index in [-0.39, 0.29) is 10.8 Å². The zero-order chi connectivity index (χ0) is 20.5. The van der Waals surface area contributed by atoms with E-state index in [1.54, 1.807) is 37.3 Å². The highest BCUT2D eigenvalue weighted by molar-refractivity contribution is 7.80. The third-order valence-electron chi connectivity index (χ3n) is 3.40. The van der Waals surface area contributed by atoms with Crippen LogP contribution in [-0.2, 0) is 9.53 Å². The van der Waals surface area contributed by atoms with Gasteiger partial charge in [-0.05, 0) is 55.0 Å². The summed E-state index contributed by atoms with van der Waals surface area (Å²) in [5.41, 5.74) is 1.44. The standard InChI is InChI=1S/C19H17N3O5S/c1-2-27-18(24)14-7-9-15(10-8-14)20-19(28)21-17(23)11-6-13-4-3-5-16(12-13)22(25)26/h3-12H,2H2,1H3,(H2,20,21,23,28). The molecule has 144 valence electrons. The molecule has 0 aliphatic carbocycles. The van der Waals surface area contributed by atoms with E-state index in [4.69, 9.17) is 17.0 Å². The van der Waals surface area contributed by atoms with E-state index in [0.29, 0.717) is 23.4 Å². The number of rotatable bonds is 6. The first-order valence-electron chi connectivity index (χ1n) is 8.20. The third-order valence-corrected chi connectivity index (χ3v) is 3.60. The number of benzene rings is 2. The highest BCUT2D eigenvalue weighted by atomic mass is 32.1. The largest absolute Gasteiger partial charge is 0.462 e. The molecule has 0 bridgehead atoms. The molecule has 0 aliphatic heterocycles. The molecule has 0 aliphatic rings. The second-order valence-corrected chi connectivity index (χ2v) is 5.83. The fourth-order valence-electron chi connectivity index (χ4n) is 2.13. The summed E-state index contributed by atoms with van der Waals surface area (Å²) in [5, 5.41) is 16.1. The minimum absolute atomic E-state index is 0.0639. The number of nitro benzene ring substituents is 1. The number of non-ortho nitro benzene ring substituents is 1. The molecule has 2 aromatic carbocycles. The summed E-state index contributed by atoms with van der Waals surface area (Å²) >= 11 is 5.07. The van der Waals surface area contributed by atoms with E-state index in [1.807, 2.05) is 0 Å². The lowest BCUT2D eigenvalue weighted by Gasteiger charge is -2.09. The van der Waals surface area contributed by atoms with Crippen molar-refractivity contribution in [3.8, 4) is 0 Å². The molecule has 0 spiro atoms. The Morgan fingerprint density at radius 2 is 1.93 bits per heavy atom. The average Bonchev–Trinajstić information content (AvgIpc) is 2.67. The Bertz CT molecular complexity index is 925. The van der Waals surface area contributed by atoms with Gasteiger partial charge < -0.3 is 10.1 Å². The lowest BCUT2D eigenvalue weighted by molar-refractivity contribution is -0.384. The molecular formula is C19H17N3O5S. The number of nitrogens with zero attached hydrogens (tertiary/aromatic N) is 1. The molecule has 0 unspecified atom stereocenters. The van der Waals surface area contributed by atoms with Gasteiger partial charge in [0.05, 0.1) is 17.1 Å². The van der Waals surface area contributed by atoms with Crippen molar-refractivity contribution >= 4 is 46.7 Å². The Morgan fingerprint density at radius 1 is 1.21 bits per heavy atom. The molecular weight excluding hydrogens is 382 g/mol. The van der Waals surface area contributed by atoms with Crippen molar-refractivity contribution in [2.75, 3.05) is 11.9 Å². The number of anilines is 1. The van der Waals surface area contributed by atoms with E-state index in [2.05, 4.69) is 10.6 Å². The van der Waals surface area contributed by atoms with Crippen LogP contribution in [0.15, 0.2) is 54.6 Å². The Kier molecular flexibility index (Phi) is 7.35. The molecule has 0 heterocycles. The Morgan fingerprint density at radius 3 is 2.57 bits per heavy atom. The number of nitro groups is 1. The lowest BCUT2D eigenvalue weighted by Crippen LogP contribution is -2.32. The summed E-state index contributed by atoms with van der Waals surface area (Å²) in [6.45, 7) is 2.02. The van der Waals surface area contributed by atoms with Crippen molar-refractivity contribution in [3.05, 3.63) is 75.8 Å². The molecule has 0 atom stereocenters. The van der Waals surface area contributed by atoms with Crippen molar-refractivity contribution in [1.82, 2.24) is 5.32 Å². The van der Waals surface area contributed by atoms with Crippen LogP contribution in [0.1, 0.15) is 22.8 Å². The molecule has 2 aromatic rings. The van der Waals surface area contributed by atoms with Crippen LogP contribution in [0.3, 0.4) is 0 Å². The van der Waals surface area contributed by atoms with Gasteiger partial charge in [-0.25, -0.2) is 4.79 Å². The molecule has 28 heavy (non-hydrogen) atoms. The zero-order valence-electron chi connectivity index (χ0n) is 14.9. The minimum Gasteiger partial charge on any atom is -0.462 e. The number of hydrogen-bond acceptors (Lipinski definition) is 6. The number of carbonyl (C=O) groups is 2. The lowest BCUT2D eigenvalue weighted by atomic mass is 10.2. The molecule has 2 rings (SSSR count). The monoisotopic (exact) mass is 399 g/mol. The van der Waals surface area contributed by atoms with Gasteiger partial charge in [0, 0.05) is 23.9 Å². The second kappa shape index (κ2) is 9.93. The quantitative estimate of drug-likeness (QED) is 0.252. The summed E-state index contributed by atoms with van der Waals surface area (Å²) in [4.78, 5) is 33.8. The molecule has 0 fully saturated rings. The Labute approximate surface area is 166 Å². The Hall–Kier alpha value is -3.59. The van der Waals surface area contributed by atoms with Crippen LogP contribution in [-0.4, -0.2) is 28.5 Å². The third kappa shape index (κ3) is 6.29. The number of nitrogens with one attached hydrogen (secondary N) is 2. The number of ether oxygens (including phenoxy) is 1. The predicted molar refractivity (Wildman–Crippen MR) is 109 cm³/mol. The number of carbonyl (C=O) groups excluding carboxylic acids is 2. The Balaban J connectivity index is 1.90. The van der Waals surface area contributed by atoms with Crippen LogP contribution in [0.5, 0.6) is 0 Å². The van der Waals surface area contributed by atoms with Gasteiger partial charge in [-0.2, -0.15) is 0 Å². The van der Waals surface area contributed by atoms with E-state index >= 15 is 0 Å². The molecule has 0 radical (unpaired) electrons. The normalized spacial score (nSPS) is 10.3. The predicted octanol–water partition coefficient (Wildman–Crippen LogP) is 3.30. The summed E-state index contributed by atoms with van der Waals surface area (Å²) < 4.78 is 4.90. The van der Waals surface area contributed by atoms with Gasteiger partial charge in [0.1, 0.15) is 0 Å². The van der Waals surface area contributed by atoms with Gasteiger partial charge in [0.2, 0.25) is 5.91 Å². The molecule has 0 aromatic heterocycles. The van der Waals surface area contributed by atoms with Gasteiger partial charge in [0.25, 0.3) is 5.69 Å². The van der Waals surface area contributed by atoms with Crippen LogP contribution in [0.25, 0.3) is 6.08 Å². The van der Waals surface area contributed by atoms with Gasteiger partial charge in [0.15, 0.2) is 5.11 Å². The molecule has 0 saturated carbocycles. The highest BCUT2D eigenvalue weighted by Crippen LogP contribution is 2.14. The van der Waals surface area contributed by atoms with Crippen LogP contribution in [0.2, 0.25) is 0 Å². The first kappa shape index (κ1) is 20.7. The van der Waals surface area contributed by atoms with E-state index in [0.717, 1.165) is 0 Å². The second-order valence-electron chi connectivity index (χ2n) is 5.43. The first-order valence-corrected chi connectivity index (χ1v) is 8.61. The maximum absolute atomic E-state index is 11.9. The molecule has 9 heteroatoms. The summed E-state index contributed by atoms with van der Waals surface area (Å²) in [6, 6.07) is 12.3. The van der Waals surface area contributed by atoms with Crippen molar-refractivity contribution in [2.45, 2.75) is 6.92 Å². The average molecular weight is 399 g/mol. The topological polar surface area (TPSA) is 111 Å². The van der Waals surface area contributed by atoms with Crippen molar-refractivity contribution < 1.29 is 19.2 Å². The molecule has 0 saturated heterocycles. The fraction of sp³-hybridized carbons (Fsp3) is 0.105. The molecule has 2 N–H and O–H groups in total. The number of esters is 1. The summed E-state index contributed by atoms with van der Waals surface area (Å²) in [7, 11) is 0. The number of amides is 1. The van der Waals surface area contributed by atoms with Crippen LogP contribution < -0.4 is 10.6 Å². The first-order chi connectivity index (χ1) is 13.4. The highest BCUT2D eigenvalue weighted by Gasteiger charge is 2.07. The smallest absolute Gasteiger partial charge is 0.338 e. The van der Waals surface area contributed by atoms with Gasteiger partial charge >= 0.3 is 5.97 Å². The SMILES string of the molecule is CCOC(=O)c1ccc(NC(=S)NC(=O)C=Cc2cccc([N+](=O)[O-])c2)cc1. The maximum Gasteiger partial charge on any atom is 0.338 e. The molecule has 1 amide bonds. The van der Waals surface area contributed by atoms with E-state index in [9.17, 15) is 19.7 Å². The van der Waals surface area contributed by atoms with E-state index < -0.39 is 16.8 Å². The van der Waals surface area contributed by atoms with Gasteiger partial charge in [-0.3, -0.25) is 20.2 Å². The van der Waals surface area contributed by atoms with Gasteiger partial charge in [-0.15, -0.1) is 0 Å². The van der Waals surface area contributed by atoms with Crippen molar-refractivity contribution in [1.29, 1.82) is 0 Å². The van der Waals surface area contributed by atoms with E-state index in [1.165, 1.54) is 30.4 Å². The summed E-state index contributed by atoms with van der Waals surface area (Å²) in [6.07, 6.45) is 2.66. The maximum atomic E-state index is 11.9. The van der Waals surface area contributed by atoms with Crippen LogP contribution >= 0.6 is 12.2 Å². The van der Waals surface area contributed by atoms with Crippen molar-refractivity contribution in [3.63, 3.8) is 0 Å². The molecule has 8 nitrogen and oxygen atoms in total. The minimum atomic E-state index is -0.510. The fourth-order valence-corrected chi connectivity index (χ4v) is 2.35. The van der Waals surface area contributed by atoms with Gasteiger partial charge in [-0.1, -0.05) is 12.1 Å². The number of hydrogen-bond donors (Lipinski definition) is 2. The van der Waals surface area contributed by atoms with Crippen LogP contribution in [0, 0.1) is 10.1 Å². The zero-order valence-corrected chi connectivity index (χ0v) is 15.7. The summed E-state index contributed by atoms with van der Waals surface area (Å²) in [5.74, 6) is -0.914.